The summed E-state index contributed by atoms with van der Waals surface area (Å²) in [6, 6.07) is 2.26. The Hall–Kier alpha value is -0.870. The smallest absolute Gasteiger partial charge is 0.0624 e. The van der Waals surface area contributed by atoms with E-state index in [0.29, 0.717) is 0 Å². The molecule has 1 aromatic heterocycles. The van der Waals surface area contributed by atoms with Crippen molar-refractivity contribution in [2.45, 2.75) is 58.9 Å². The van der Waals surface area contributed by atoms with Crippen molar-refractivity contribution in [1.82, 2.24) is 15.1 Å². The molecule has 2 heterocycles. The van der Waals surface area contributed by atoms with Crippen LogP contribution in [-0.4, -0.2) is 35.1 Å². The highest BCUT2D eigenvalue weighted by molar-refractivity contribution is 5.13. The van der Waals surface area contributed by atoms with Gasteiger partial charge in [-0.15, -0.1) is 0 Å². The lowest BCUT2D eigenvalue weighted by molar-refractivity contribution is -0.0108. The lowest BCUT2D eigenvalue weighted by atomic mass is 9.77. The molecule has 0 bridgehead atoms. The van der Waals surface area contributed by atoms with Crippen molar-refractivity contribution >= 4 is 0 Å². The summed E-state index contributed by atoms with van der Waals surface area (Å²) in [5, 5.41) is 8.27. The topological polar surface area (TPSA) is 39.1 Å². The molecule has 0 aromatic carbocycles. The zero-order chi connectivity index (χ0) is 15.5. The van der Waals surface area contributed by atoms with Gasteiger partial charge in [0.05, 0.1) is 12.3 Å². The average molecular weight is 293 g/mol. The van der Waals surface area contributed by atoms with Crippen LogP contribution in [0.2, 0.25) is 0 Å². The third-order valence-electron chi connectivity index (χ3n) is 4.34. The Kier molecular flexibility index (Phi) is 5.10. The van der Waals surface area contributed by atoms with Crippen LogP contribution in [0, 0.1) is 5.41 Å². The minimum atomic E-state index is 0.144. The molecular formula is C17H31N3O. The molecule has 1 aliphatic rings. The molecule has 1 saturated heterocycles. The van der Waals surface area contributed by atoms with E-state index in [1.807, 2.05) is 4.68 Å². The summed E-state index contributed by atoms with van der Waals surface area (Å²) >= 11 is 0. The van der Waals surface area contributed by atoms with E-state index in [9.17, 15) is 0 Å². The van der Waals surface area contributed by atoms with Gasteiger partial charge < -0.3 is 10.1 Å². The van der Waals surface area contributed by atoms with E-state index in [2.05, 4.69) is 51.2 Å². The summed E-state index contributed by atoms with van der Waals surface area (Å²) in [6.45, 7) is 11.6. The quantitative estimate of drug-likeness (QED) is 0.907. The normalized spacial score (nSPS) is 23.5. The lowest BCUT2D eigenvalue weighted by Crippen LogP contribution is -2.48. The SMILES string of the molecule is CCc1cc(CC2(CNC(C)(C)C)CCCOC2)n(C)n1. The highest BCUT2D eigenvalue weighted by atomic mass is 16.5. The second kappa shape index (κ2) is 6.49. The summed E-state index contributed by atoms with van der Waals surface area (Å²) in [5.74, 6) is 0. The molecule has 4 nitrogen and oxygen atoms in total. The van der Waals surface area contributed by atoms with Crippen LogP contribution in [-0.2, 0) is 24.6 Å². The molecule has 1 unspecified atom stereocenters. The second-order valence-corrected chi connectivity index (χ2v) is 7.54. The largest absolute Gasteiger partial charge is 0.381 e. The second-order valence-electron chi connectivity index (χ2n) is 7.54. The van der Waals surface area contributed by atoms with Crippen molar-refractivity contribution in [3.05, 3.63) is 17.5 Å². The van der Waals surface area contributed by atoms with E-state index in [1.54, 1.807) is 0 Å². The first-order valence-corrected chi connectivity index (χ1v) is 8.18. The zero-order valence-corrected chi connectivity index (χ0v) is 14.3. The first-order chi connectivity index (χ1) is 9.84. The monoisotopic (exact) mass is 293 g/mol. The van der Waals surface area contributed by atoms with Crippen molar-refractivity contribution in [3.63, 3.8) is 0 Å². The first kappa shape index (κ1) is 16.5. The number of nitrogens with one attached hydrogen (secondary N) is 1. The maximum atomic E-state index is 5.83. The Morgan fingerprint density at radius 3 is 2.71 bits per heavy atom. The van der Waals surface area contributed by atoms with Crippen LogP contribution in [0.5, 0.6) is 0 Å². The number of rotatable bonds is 5. The first-order valence-electron chi connectivity index (χ1n) is 8.18. The summed E-state index contributed by atoms with van der Waals surface area (Å²) in [7, 11) is 2.06. The predicted octanol–water partition coefficient (Wildman–Crippen LogP) is 2.71. The fraction of sp³-hybridized carbons (Fsp3) is 0.824. The highest BCUT2D eigenvalue weighted by Crippen LogP contribution is 2.32. The molecule has 2 rings (SSSR count). The summed E-state index contributed by atoms with van der Waals surface area (Å²) < 4.78 is 7.87. The summed E-state index contributed by atoms with van der Waals surface area (Å²) in [4.78, 5) is 0. The molecule has 0 aliphatic carbocycles. The molecule has 21 heavy (non-hydrogen) atoms. The molecule has 1 aromatic rings. The molecule has 0 radical (unpaired) electrons. The van der Waals surface area contributed by atoms with Gasteiger partial charge in [0, 0.05) is 36.8 Å². The third kappa shape index (κ3) is 4.55. The Labute approximate surface area is 129 Å². The average Bonchev–Trinajstić information content (AvgIpc) is 2.78. The van der Waals surface area contributed by atoms with Crippen molar-refractivity contribution in [1.29, 1.82) is 0 Å². The minimum Gasteiger partial charge on any atom is -0.381 e. The molecule has 1 atom stereocenters. The van der Waals surface area contributed by atoms with Crippen LogP contribution >= 0.6 is 0 Å². The van der Waals surface area contributed by atoms with Gasteiger partial charge in [-0.05, 0) is 52.5 Å². The van der Waals surface area contributed by atoms with E-state index >= 15 is 0 Å². The molecule has 1 aliphatic heterocycles. The number of hydrogen-bond donors (Lipinski definition) is 1. The zero-order valence-electron chi connectivity index (χ0n) is 14.3. The van der Waals surface area contributed by atoms with E-state index in [1.165, 1.54) is 17.8 Å². The van der Waals surface area contributed by atoms with E-state index in [-0.39, 0.29) is 11.0 Å². The van der Waals surface area contributed by atoms with Crippen LogP contribution in [0.3, 0.4) is 0 Å². The number of ether oxygens (including phenoxy) is 1. The fourth-order valence-electron chi connectivity index (χ4n) is 3.00. The summed E-state index contributed by atoms with van der Waals surface area (Å²) in [5.41, 5.74) is 2.85. The molecule has 120 valence electrons. The van der Waals surface area contributed by atoms with E-state index in [0.717, 1.165) is 39.0 Å². The maximum absolute atomic E-state index is 5.83. The highest BCUT2D eigenvalue weighted by Gasteiger charge is 2.35. The van der Waals surface area contributed by atoms with Gasteiger partial charge in [0.15, 0.2) is 0 Å². The van der Waals surface area contributed by atoms with Crippen LogP contribution in [0.4, 0.5) is 0 Å². The number of aromatic nitrogens is 2. The minimum absolute atomic E-state index is 0.144. The van der Waals surface area contributed by atoms with Crippen molar-refractivity contribution in [2.75, 3.05) is 19.8 Å². The lowest BCUT2D eigenvalue weighted by Gasteiger charge is -2.39. The van der Waals surface area contributed by atoms with Gasteiger partial charge in [0.1, 0.15) is 0 Å². The Morgan fingerprint density at radius 2 is 2.19 bits per heavy atom. The van der Waals surface area contributed by atoms with Crippen molar-refractivity contribution < 1.29 is 4.74 Å². The van der Waals surface area contributed by atoms with E-state index in [4.69, 9.17) is 4.74 Å². The van der Waals surface area contributed by atoms with Gasteiger partial charge in [-0.25, -0.2) is 0 Å². The summed E-state index contributed by atoms with van der Waals surface area (Å²) in [6.07, 6.45) is 4.42. The predicted molar refractivity (Wildman–Crippen MR) is 86.5 cm³/mol. The van der Waals surface area contributed by atoms with Crippen LogP contribution < -0.4 is 5.32 Å². The molecule has 0 saturated carbocycles. The Balaban J connectivity index is 2.13. The Bertz CT molecular complexity index is 453. The fourth-order valence-corrected chi connectivity index (χ4v) is 3.00. The van der Waals surface area contributed by atoms with Gasteiger partial charge in [-0.1, -0.05) is 6.92 Å². The van der Waals surface area contributed by atoms with Gasteiger partial charge in [-0.2, -0.15) is 5.10 Å². The van der Waals surface area contributed by atoms with Gasteiger partial charge >= 0.3 is 0 Å². The van der Waals surface area contributed by atoms with Crippen molar-refractivity contribution in [3.8, 4) is 0 Å². The molecule has 4 heteroatoms. The van der Waals surface area contributed by atoms with Crippen LogP contribution in [0.1, 0.15) is 51.9 Å². The number of aryl methyl sites for hydroxylation is 2. The van der Waals surface area contributed by atoms with Gasteiger partial charge in [0.2, 0.25) is 0 Å². The molecule has 1 N–H and O–H groups in total. The van der Waals surface area contributed by atoms with Crippen LogP contribution in [0.25, 0.3) is 0 Å². The van der Waals surface area contributed by atoms with Crippen molar-refractivity contribution in [2.24, 2.45) is 12.5 Å². The number of nitrogens with zero attached hydrogens (tertiary/aromatic N) is 2. The Morgan fingerprint density at radius 1 is 1.43 bits per heavy atom. The van der Waals surface area contributed by atoms with Crippen LogP contribution in [0.15, 0.2) is 6.07 Å². The molecule has 0 amide bonds. The molecular weight excluding hydrogens is 262 g/mol. The van der Waals surface area contributed by atoms with Gasteiger partial charge in [-0.3, -0.25) is 4.68 Å². The standard InChI is InChI=1S/C17H31N3O/c1-6-14-10-15(20(5)19-14)11-17(8-7-9-21-13-17)12-18-16(2,3)4/h10,18H,6-9,11-13H2,1-5H3. The molecule has 1 fully saturated rings. The van der Waals surface area contributed by atoms with E-state index < -0.39 is 0 Å². The van der Waals surface area contributed by atoms with Gasteiger partial charge in [0.25, 0.3) is 0 Å². The maximum Gasteiger partial charge on any atom is 0.0624 e. The third-order valence-corrected chi connectivity index (χ3v) is 4.34. The molecule has 0 spiro atoms. The number of hydrogen-bond acceptors (Lipinski definition) is 3.